The number of anilines is 3. The van der Waals surface area contributed by atoms with E-state index < -0.39 is 0 Å². The normalized spacial score (nSPS) is 11.5. The SMILES string of the molecule is c1ccc(-c2ccc(-c3ccc(N(c4ccccc4-c4ccc(-c5ccccc5)cc4)c4ccccc4-c4ccc5c6c(cccc46)-c4ccccc4O5)cc3)cc2)cc1. The second-order valence-corrected chi connectivity index (χ2v) is 15.2. The molecule has 0 fully saturated rings. The van der Waals surface area contributed by atoms with Crippen LogP contribution in [0.3, 0.4) is 0 Å². The standard InChI is InChI=1S/C58H39NO/c1-3-14-40(15-4-1)42-26-28-44(29-27-42)45-34-36-47(37-35-45)59(54-23-10-7-18-48(54)46-32-30-43(31-33-46)41-16-5-2-6-17-41)55-24-11-8-19-50(55)49-38-39-57-58-52(49)21-13-22-53(58)51-20-9-12-25-56(51)60-57/h1-39H. The van der Waals surface area contributed by atoms with Gasteiger partial charge in [-0.2, -0.15) is 0 Å². The monoisotopic (exact) mass is 765 g/mol. The molecular weight excluding hydrogens is 727 g/mol. The molecule has 0 atom stereocenters. The lowest BCUT2D eigenvalue weighted by atomic mass is 9.89. The highest BCUT2D eigenvalue weighted by molar-refractivity contribution is 6.11. The lowest BCUT2D eigenvalue weighted by Crippen LogP contribution is -2.12. The van der Waals surface area contributed by atoms with Crippen molar-refractivity contribution in [1.82, 2.24) is 0 Å². The predicted octanol–water partition coefficient (Wildman–Crippen LogP) is 16.4. The van der Waals surface area contributed by atoms with Crippen LogP contribution in [0.15, 0.2) is 237 Å². The fourth-order valence-corrected chi connectivity index (χ4v) is 8.79. The van der Waals surface area contributed by atoms with Gasteiger partial charge in [-0.1, -0.05) is 194 Å². The van der Waals surface area contributed by atoms with Crippen molar-refractivity contribution in [3.63, 3.8) is 0 Å². The number of rotatable bonds is 8. The zero-order valence-electron chi connectivity index (χ0n) is 32.9. The molecule has 11 rings (SSSR count). The van der Waals surface area contributed by atoms with E-state index in [1.807, 2.05) is 6.07 Å². The Balaban J connectivity index is 1.06. The predicted molar refractivity (Wildman–Crippen MR) is 251 cm³/mol. The maximum atomic E-state index is 6.52. The molecule has 0 radical (unpaired) electrons. The number of para-hydroxylation sites is 3. The Morgan fingerprint density at radius 2 is 0.700 bits per heavy atom. The van der Waals surface area contributed by atoms with Gasteiger partial charge in [0.2, 0.25) is 0 Å². The summed E-state index contributed by atoms with van der Waals surface area (Å²) in [5.74, 6) is 1.77. The van der Waals surface area contributed by atoms with Gasteiger partial charge in [0.25, 0.3) is 0 Å². The van der Waals surface area contributed by atoms with Gasteiger partial charge in [-0.3, -0.25) is 0 Å². The van der Waals surface area contributed by atoms with Gasteiger partial charge < -0.3 is 9.64 Å². The molecule has 0 aromatic heterocycles. The van der Waals surface area contributed by atoms with Crippen LogP contribution in [0.5, 0.6) is 11.5 Å². The van der Waals surface area contributed by atoms with Crippen molar-refractivity contribution >= 4 is 27.8 Å². The van der Waals surface area contributed by atoms with Crippen LogP contribution in [0.4, 0.5) is 17.1 Å². The highest BCUT2D eigenvalue weighted by atomic mass is 16.5. The maximum absolute atomic E-state index is 6.52. The molecule has 0 amide bonds. The molecule has 0 N–H and O–H groups in total. The van der Waals surface area contributed by atoms with Gasteiger partial charge in [0.15, 0.2) is 0 Å². The second kappa shape index (κ2) is 15.1. The number of ether oxygens (including phenoxy) is 1. The van der Waals surface area contributed by atoms with Crippen molar-refractivity contribution in [1.29, 1.82) is 0 Å². The number of fused-ring (bicyclic) bond motifs is 2. The molecule has 2 heteroatoms. The Labute approximate surface area is 350 Å². The third-order valence-electron chi connectivity index (χ3n) is 11.7. The summed E-state index contributed by atoms with van der Waals surface area (Å²) in [4.78, 5) is 2.43. The summed E-state index contributed by atoms with van der Waals surface area (Å²) >= 11 is 0. The zero-order chi connectivity index (χ0) is 39.8. The topological polar surface area (TPSA) is 12.5 Å². The molecule has 1 heterocycles. The van der Waals surface area contributed by atoms with Crippen molar-refractivity contribution in [3.8, 4) is 78.3 Å². The van der Waals surface area contributed by atoms with Crippen LogP contribution in [-0.4, -0.2) is 0 Å². The number of benzene rings is 10. The van der Waals surface area contributed by atoms with E-state index in [1.165, 1.54) is 38.9 Å². The lowest BCUT2D eigenvalue weighted by molar-refractivity contribution is 0.487. The van der Waals surface area contributed by atoms with E-state index in [0.29, 0.717) is 0 Å². The van der Waals surface area contributed by atoms with Crippen molar-refractivity contribution in [2.24, 2.45) is 0 Å². The van der Waals surface area contributed by atoms with E-state index >= 15 is 0 Å². The van der Waals surface area contributed by atoms with Crippen molar-refractivity contribution < 1.29 is 4.74 Å². The summed E-state index contributed by atoms with van der Waals surface area (Å²) in [7, 11) is 0. The molecular formula is C58H39NO. The van der Waals surface area contributed by atoms with Gasteiger partial charge in [0.05, 0.1) is 11.4 Å². The van der Waals surface area contributed by atoms with Crippen LogP contribution in [-0.2, 0) is 0 Å². The molecule has 2 nitrogen and oxygen atoms in total. The van der Waals surface area contributed by atoms with Crippen molar-refractivity contribution in [2.45, 2.75) is 0 Å². The molecule has 0 bridgehead atoms. The molecule has 0 spiro atoms. The van der Waals surface area contributed by atoms with Crippen LogP contribution in [0.1, 0.15) is 0 Å². The van der Waals surface area contributed by atoms with Gasteiger partial charge >= 0.3 is 0 Å². The lowest BCUT2D eigenvalue weighted by Gasteiger charge is -2.30. The molecule has 10 aromatic carbocycles. The van der Waals surface area contributed by atoms with Crippen LogP contribution in [0.25, 0.3) is 77.5 Å². The first-order chi connectivity index (χ1) is 29.8. The summed E-state index contributed by atoms with van der Waals surface area (Å²) in [6, 6.07) is 84.8. The average molecular weight is 766 g/mol. The van der Waals surface area contributed by atoms with Gasteiger partial charge in [0, 0.05) is 27.8 Å². The smallest absolute Gasteiger partial charge is 0.135 e. The molecule has 60 heavy (non-hydrogen) atoms. The highest BCUT2D eigenvalue weighted by Crippen LogP contribution is 2.51. The van der Waals surface area contributed by atoms with E-state index in [-0.39, 0.29) is 0 Å². The molecule has 0 unspecified atom stereocenters. The quantitative estimate of drug-likeness (QED) is 0.153. The number of hydrogen-bond acceptors (Lipinski definition) is 2. The van der Waals surface area contributed by atoms with Crippen LogP contribution < -0.4 is 9.64 Å². The third-order valence-corrected chi connectivity index (χ3v) is 11.7. The Hall–Kier alpha value is -7.94. The molecule has 0 aliphatic carbocycles. The van der Waals surface area contributed by atoms with E-state index in [4.69, 9.17) is 4.74 Å². The minimum Gasteiger partial charge on any atom is -0.456 e. The average Bonchev–Trinajstić information content (AvgIpc) is 3.33. The summed E-state index contributed by atoms with van der Waals surface area (Å²) in [6.07, 6.45) is 0. The minimum atomic E-state index is 0.883. The van der Waals surface area contributed by atoms with Gasteiger partial charge in [-0.05, 0) is 97.9 Å². The first-order valence-corrected chi connectivity index (χ1v) is 20.5. The fraction of sp³-hybridized carbons (Fsp3) is 0. The van der Waals surface area contributed by atoms with Crippen LogP contribution in [0, 0.1) is 0 Å². The van der Waals surface area contributed by atoms with E-state index in [9.17, 15) is 0 Å². The second-order valence-electron chi connectivity index (χ2n) is 15.2. The highest BCUT2D eigenvalue weighted by Gasteiger charge is 2.25. The zero-order valence-corrected chi connectivity index (χ0v) is 32.9. The first-order valence-electron chi connectivity index (χ1n) is 20.5. The first kappa shape index (κ1) is 35.2. The Kier molecular flexibility index (Phi) is 8.87. The van der Waals surface area contributed by atoms with Crippen LogP contribution >= 0.6 is 0 Å². The van der Waals surface area contributed by atoms with Crippen molar-refractivity contribution in [3.05, 3.63) is 237 Å². The molecule has 0 saturated carbocycles. The summed E-state index contributed by atoms with van der Waals surface area (Å²) in [5, 5.41) is 2.29. The number of hydrogen-bond donors (Lipinski definition) is 0. The van der Waals surface area contributed by atoms with E-state index in [1.54, 1.807) is 0 Å². The Morgan fingerprint density at radius 1 is 0.250 bits per heavy atom. The van der Waals surface area contributed by atoms with Gasteiger partial charge in [-0.25, -0.2) is 0 Å². The minimum absolute atomic E-state index is 0.883. The fourth-order valence-electron chi connectivity index (χ4n) is 8.79. The maximum Gasteiger partial charge on any atom is 0.135 e. The summed E-state index contributed by atoms with van der Waals surface area (Å²) in [6.45, 7) is 0. The Bertz CT molecular complexity index is 3130. The summed E-state index contributed by atoms with van der Waals surface area (Å²) in [5.41, 5.74) is 17.3. The van der Waals surface area contributed by atoms with Gasteiger partial charge in [-0.15, -0.1) is 0 Å². The van der Waals surface area contributed by atoms with E-state index in [2.05, 4.69) is 235 Å². The van der Waals surface area contributed by atoms with Gasteiger partial charge in [0.1, 0.15) is 11.5 Å². The van der Waals surface area contributed by atoms with Crippen LogP contribution in [0.2, 0.25) is 0 Å². The third kappa shape index (κ3) is 6.32. The molecule has 282 valence electrons. The largest absolute Gasteiger partial charge is 0.456 e. The molecule has 10 aromatic rings. The summed E-state index contributed by atoms with van der Waals surface area (Å²) < 4.78 is 6.52. The molecule has 1 aliphatic rings. The number of nitrogens with zero attached hydrogens (tertiary/aromatic N) is 1. The van der Waals surface area contributed by atoms with E-state index in [0.717, 1.165) is 67.2 Å². The molecule has 1 aliphatic heterocycles. The molecule has 0 saturated heterocycles. The Morgan fingerprint density at radius 3 is 1.32 bits per heavy atom. The van der Waals surface area contributed by atoms with Crippen molar-refractivity contribution in [2.75, 3.05) is 4.90 Å².